The van der Waals surface area contributed by atoms with Gasteiger partial charge in [0.1, 0.15) is 5.82 Å². The molecule has 138 valence electrons. The zero-order valence-electron chi connectivity index (χ0n) is 14.0. The van der Waals surface area contributed by atoms with E-state index < -0.39 is 0 Å². The summed E-state index contributed by atoms with van der Waals surface area (Å²) >= 11 is 7.19. The number of rotatable bonds is 6. The number of aromatic nitrogens is 2. The maximum Gasteiger partial charge on any atom is 0.251 e. The van der Waals surface area contributed by atoms with E-state index in [9.17, 15) is 14.0 Å². The molecular formula is C19H15ClFN3O2S. The van der Waals surface area contributed by atoms with Crippen LogP contribution in [0.25, 0.3) is 0 Å². The molecule has 0 spiro atoms. The summed E-state index contributed by atoms with van der Waals surface area (Å²) in [6.07, 6.45) is -0.0411. The van der Waals surface area contributed by atoms with Crippen LogP contribution in [0.15, 0.2) is 64.5 Å². The SMILES string of the molecule is O=C(Cc1cc(=O)[nH]c(SCc2ccc(F)cc2)n1)Nc1cccc(Cl)c1. The number of carbonyl (C=O) groups excluding carboxylic acids is 1. The number of benzene rings is 2. The molecule has 1 aromatic heterocycles. The first-order chi connectivity index (χ1) is 13.0. The molecule has 0 saturated heterocycles. The second-order valence-electron chi connectivity index (χ2n) is 5.69. The van der Waals surface area contributed by atoms with Crippen LogP contribution in [0.4, 0.5) is 10.1 Å². The number of halogens is 2. The lowest BCUT2D eigenvalue weighted by Gasteiger charge is -2.06. The summed E-state index contributed by atoms with van der Waals surface area (Å²) in [6, 6.07) is 14.2. The number of hydrogen-bond donors (Lipinski definition) is 2. The number of thioether (sulfide) groups is 1. The van der Waals surface area contributed by atoms with E-state index in [0.29, 0.717) is 27.3 Å². The number of nitrogens with zero attached hydrogens (tertiary/aromatic N) is 1. The Morgan fingerprint density at radius 1 is 1.19 bits per heavy atom. The van der Waals surface area contributed by atoms with Gasteiger partial charge in [-0.2, -0.15) is 0 Å². The number of H-pyrrole nitrogens is 1. The highest BCUT2D eigenvalue weighted by Crippen LogP contribution is 2.19. The van der Waals surface area contributed by atoms with Gasteiger partial charge in [0.2, 0.25) is 5.91 Å². The van der Waals surface area contributed by atoms with Crippen LogP contribution in [0, 0.1) is 5.82 Å². The molecule has 0 aliphatic carbocycles. The summed E-state index contributed by atoms with van der Waals surface area (Å²) in [5.74, 6) is -0.0886. The normalized spacial score (nSPS) is 10.6. The van der Waals surface area contributed by atoms with Gasteiger partial charge in [0.25, 0.3) is 5.56 Å². The van der Waals surface area contributed by atoms with Crippen molar-refractivity contribution in [1.29, 1.82) is 0 Å². The Hall–Kier alpha value is -2.64. The molecule has 0 fully saturated rings. The van der Waals surface area contributed by atoms with Crippen molar-refractivity contribution in [3.8, 4) is 0 Å². The predicted octanol–water partition coefficient (Wildman–Crippen LogP) is 4.04. The molecule has 1 amide bonds. The molecule has 0 atom stereocenters. The summed E-state index contributed by atoms with van der Waals surface area (Å²) < 4.78 is 12.9. The van der Waals surface area contributed by atoms with Gasteiger partial charge in [0.05, 0.1) is 12.1 Å². The molecule has 0 aliphatic rings. The fourth-order valence-corrected chi connectivity index (χ4v) is 3.35. The third-order valence-electron chi connectivity index (χ3n) is 3.51. The van der Waals surface area contributed by atoms with E-state index in [2.05, 4.69) is 15.3 Å². The quantitative estimate of drug-likeness (QED) is 0.481. The number of nitrogens with one attached hydrogen (secondary N) is 2. The van der Waals surface area contributed by atoms with Crippen molar-refractivity contribution in [2.24, 2.45) is 0 Å². The second-order valence-corrected chi connectivity index (χ2v) is 7.09. The lowest BCUT2D eigenvalue weighted by atomic mass is 10.2. The second kappa shape index (κ2) is 8.83. The summed E-state index contributed by atoms with van der Waals surface area (Å²) in [6.45, 7) is 0. The van der Waals surface area contributed by atoms with E-state index in [-0.39, 0.29) is 23.7 Å². The Balaban J connectivity index is 1.64. The molecule has 5 nitrogen and oxygen atoms in total. The van der Waals surface area contributed by atoms with E-state index in [4.69, 9.17) is 11.6 Å². The minimum Gasteiger partial charge on any atom is -0.326 e. The van der Waals surface area contributed by atoms with Gasteiger partial charge in [-0.3, -0.25) is 9.59 Å². The Morgan fingerprint density at radius 2 is 1.96 bits per heavy atom. The van der Waals surface area contributed by atoms with Gasteiger partial charge in [0.15, 0.2) is 5.16 Å². The van der Waals surface area contributed by atoms with Crippen molar-refractivity contribution in [2.75, 3.05) is 5.32 Å². The number of anilines is 1. The smallest absolute Gasteiger partial charge is 0.251 e. The largest absolute Gasteiger partial charge is 0.326 e. The Bertz CT molecular complexity index is 1010. The van der Waals surface area contributed by atoms with Crippen molar-refractivity contribution in [3.05, 3.63) is 87.0 Å². The maximum atomic E-state index is 12.9. The first-order valence-electron chi connectivity index (χ1n) is 8.01. The molecule has 0 bridgehead atoms. The molecule has 27 heavy (non-hydrogen) atoms. The summed E-state index contributed by atoms with van der Waals surface area (Å²) in [4.78, 5) is 31.0. The number of hydrogen-bond acceptors (Lipinski definition) is 4. The van der Waals surface area contributed by atoms with E-state index in [1.54, 1.807) is 36.4 Å². The van der Waals surface area contributed by atoms with Crippen LogP contribution in [0.1, 0.15) is 11.3 Å². The lowest BCUT2D eigenvalue weighted by Crippen LogP contribution is -2.18. The van der Waals surface area contributed by atoms with Crippen LogP contribution in [0.5, 0.6) is 0 Å². The van der Waals surface area contributed by atoms with E-state index in [1.165, 1.54) is 30.0 Å². The fourth-order valence-electron chi connectivity index (χ4n) is 2.31. The Morgan fingerprint density at radius 3 is 2.70 bits per heavy atom. The molecule has 2 aromatic carbocycles. The molecular weight excluding hydrogens is 389 g/mol. The van der Waals surface area contributed by atoms with Gasteiger partial charge in [-0.25, -0.2) is 9.37 Å². The van der Waals surface area contributed by atoms with Crippen LogP contribution >= 0.6 is 23.4 Å². The van der Waals surface area contributed by atoms with Crippen LogP contribution in [-0.4, -0.2) is 15.9 Å². The zero-order valence-corrected chi connectivity index (χ0v) is 15.6. The monoisotopic (exact) mass is 403 g/mol. The van der Waals surface area contributed by atoms with E-state index >= 15 is 0 Å². The van der Waals surface area contributed by atoms with Crippen LogP contribution in [0.2, 0.25) is 5.02 Å². The highest BCUT2D eigenvalue weighted by molar-refractivity contribution is 7.98. The van der Waals surface area contributed by atoms with Crippen molar-refractivity contribution >= 4 is 35.0 Å². The molecule has 3 rings (SSSR count). The number of carbonyl (C=O) groups is 1. The van der Waals surface area contributed by atoms with E-state index in [1.807, 2.05) is 0 Å². The van der Waals surface area contributed by atoms with Crippen LogP contribution in [0.3, 0.4) is 0 Å². The molecule has 0 radical (unpaired) electrons. The Kier molecular flexibility index (Phi) is 6.26. The predicted molar refractivity (Wildman–Crippen MR) is 105 cm³/mol. The average molecular weight is 404 g/mol. The number of amides is 1. The lowest BCUT2D eigenvalue weighted by molar-refractivity contribution is -0.115. The van der Waals surface area contributed by atoms with Crippen molar-refractivity contribution in [1.82, 2.24) is 9.97 Å². The average Bonchev–Trinajstić information content (AvgIpc) is 2.60. The van der Waals surface area contributed by atoms with Gasteiger partial charge in [-0.15, -0.1) is 0 Å². The molecule has 0 aliphatic heterocycles. The summed E-state index contributed by atoms with van der Waals surface area (Å²) in [7, 11) is 0. The van der Waals surface area contributed by atoms with Crippen LogP contribution in [-0.2, 0) is 17.0 Å². The highest BCUT2D eigenvalue weighted by Gasteiger charge is 2.09. The number of aromatic amines is 1. The minimum absolute atomic E-state index is 0.0411. The molecule has 0 unspecified atom stereocenters. The fraction of sp³-hybridized carbons (Fsp3) is 0.105. The topological polar surface area (TPSA) is 74.8 Å². The van der Waals surface area contributed by atoms with Gasteiger partial charge in [0, 0.05) is 22.5 Å². The molecule has 8 heteroatoms. The molecule has 0 saturated carbocycles. The Labute approximate surface area is 164 Å². The van der Waals surface area contributed by atoms with Crippen molar-refractivity contribution < 1.29 is 9.18 Å². The van der Waals surface area contributed by atoms with Crippen molar-refractivity contribution in [2.45, 2.75) is 17.3 Å². The first kappa shape index (κ1) is 19.1. The third kappa shape index (κ3) is 5.94. The minimum atomic E-state index is -0.336. The molecule has 3 aromatic rings. The van der Waals surface area contributed by atoms with Gasteiger partial charge in [-0.05, 0) is 35.9 Å². The third-order valence-corrected chi connectivity index (χ3v) is 4.69. The molecule has 1 heterocycles. The van der Waals surface area contributed by atoms with Gasteiger partial charge >= 0.3 is 0 Å². The van der Waals surface area contributed by atoms with Gasteiger partial charge in [-0.1, -0.05) is 41.6 Å². The first-order valence-corrected chi connectivity index (χ1v) is 9.37. The van der Waals surface area contributed by atoms with Crippen LogP contribution < -0.4 is 10.9 Å². The highest BCUT2D eigenvalue weighted by atomic mass is 35.5. The van der Waals surface area contributed by atoms with E-state index in [0.717, 1.165) is 5.56 Å². The molecule has 2 N–H and O–H groups in total. The van der Waals surface area contributed by atoms with Crippen molar-refractivity contribution in [3.63, 3.8) is 0 Å². The zero-order chi connectivity index (χ0) is 19.2. The standard InChI is InChI=1S/C19H15ClFN3O2S/c20-13-2-1-3-15(8-13)22-17(25)9-16-10-18(26)24-19(23-16)27-11-12-4-6-14(21)7-5-12/h1-8,10H,9,11H2,(H,22,25)(H,23,24,26). The summed E-state index contributed by atoms with van der Waals surface area (Å²) in [5.41, 5.74) is 1.49. The van der Waals surface area contributed by atoms with Gasteiger partial charge < -0.3 is 10.3 Å². The summed E-state index contributed by atoms with van der Waals surface area (Å²) in [5, 5.41) is 3.63. The maximum absolute atomic E-state index is 12.9.